The molecule has 0 aliphatic heterocycles. The predicted molar refractivity (Wildman–Crippen MR) is 323 cm³/mol. The maximum absolute atomic E-state index is 2.39. The van der Waals surface area contributed by atoms with Crippen molar-refractivity contribution in [3.8, 4) is 122 Å². The van der Waals surface area contributed by atoms with Gasteiger partial charge in [-0.3, -0.25) is 0 Å². The highest BCUT2D eigenvalue weighted by Crippen LogP contribution is 2.60. The molecule has 0 spiro atoms. The molecule has 0 fully saturated rings. The molecule has 14 aromatic carbocycles. The Bertz CT molecular complexity index is 4180. The van der Waals surface area contributed by atoms with E-state index in [1.807, 2.05) is 0 Å². The Balaban J connectivity index is 0.786. The third-order valence-electron chi connectivity index (χ3n) is 16.6. The third kappa shape index (κ3) is 6.25. The maximum atomic E-state index is 2.39. The Morgan fingerprint density at radius 1 is 0.118 bits per heavy atom. The van der Waals surface area contributed by atoms with Crippen LogP contribution in [0, 0.1) is 0 Å². The van der Waals surface area contributed by atoms with Crippen molar-refractivity contribution in [2.75, 3.05) is 0 Å². The molecule has 0 nitrogen and oxygen atoms in total. The van der Waals surface area contributed by atoms with E-state index in [0.29, 0.717) is 0 Å². The zero-order valence-corrected chi connectivity index (χ0v) is 41.6. The molecule has 0 saturated heterocycles. The molecule has 0 N–H and O–H groups in total. The number of hydrogen-bond donors (Lipinski definition) is 0. The number of rotatable bonds is 7. The lowest BCUT2D eigenvalue weighted by atomic mass is 9.82. The van der Waals surface area contributed by atoms with Crippen LogP contribution in [0.15, 0.2) is 279 Å². The van der Waals surface area contributed by atoms with Gasteiger partial charge in [0.05, 0.1) is 0 Å². The summed E-state index contributed by atoms with van der Waals surface area (Å²) in [4.78, 5) is 0. The molecule has 2 aliphatic rings. The lowest BCUT2D eigenvalue weighted by molar-refractivity contribution is 1.59. The molecule has 0 saturated carbocycles. The number of benzene rings is 14. The molecule has 0 heterocycles. The van der Waals surface area contributed by atoms with Gasteiger partial charge in [0.15, 0.2) is 0 Å². The van der Waals surface area contributed by atoms with Gasteiger partial charge in [0.2, 0.25) is 0 Å². The van der Waals surface area contributed by atoms with Crippen LogP contribution < -0.4 is 0 Å². The molecule has 0 radical (unpaired) electrons. The summed E-state index contributed by atoms with van der Waals surface area (Å²) in [6.07, 6.45) is 0. The fourth-order valence-electron chi connectivity index (χ4n) is 13.4. The highest BCUT2D eigenvalue weighted by Gasteiger charge is 2.33. The van der Waals surface area contributed by atoms with E-state index in [9.17, 15) is 0 Å². The summed E-state index contributed by atoms with van der Waals surface area (Å²) < 4.78 is 0. The van der Waals surface area contributed by atoms with E-state index in [4.69, 9.17) is 0 Å². The van der Waals surface area contributed by atoms with E-state index in [-0.39, 0.29) is 0 Å². The first-order chi connectivity index (χ1) is 37.8. The van der Waals surface area contributed by atoms with Crippen LogP contribution in [0.3, 0.4) is 0 Å². The lowest BCUT2D eigenvalue weighted by Crippen LogP contribution is -1.93. The van der Waals surface area contributed by atoms with Crippen LogP contribution in [-0.2, 0) is 0 Å². The van der Waals surface area contributed by atoms with Crippen molar-refractivity contribution >= 4 is 43.1 Å². The first-order valence-corrected chi connectivity index (χ1v) is 26.5. The van der Waals surface area contributed by atoms with Crippen LogP contribution in [0.25, 0.3) is 165 Å². The molecule has 0 heteroatoms. The van der Waals surface area contributed by atoms with Crippen molar-refractivity contribution < 1.29 is 0 Å². The van der Waals surface area contributed by atoms with Crippen molar-refractivity contribution in [2.24, 2.45) is 0 Å². The van der Waals surface area contributed by atoms with E-state index in [1.165, 1.54) is 165 Å². The van der Waals surface area contributed by atoms with Gasteiger partial charge in [0.25, 0.3) is 0 Å². The second-order valence-corrected chi connectivity index (χ2v) is 20.5. The van der Waals surface area contributed by atoms with E-state index in [2.05, 4.69) is 279 Å². The summed E-state index contributed by atoms with van der Waals surface area (Å²) in [6, 6.07) is 104. The summed E-state index contributed by atoms with van der Waals surface area (Å²) in [5.41, 5.74) is 28.0. The lowest BCUT2D eigenvalue weighted by Gasteiger charge is -2.20. The van der Waals surface area contributed by atoms with Crippen molar-refractivity contribution in [1.82, 2.24) is 0 Å². The van der Waals surface area contributed by atoms with Gasteiger partial charge in [-0.2, -0.15) is 0 Å². The smallest absolute Gasteiger partial charge is 0.000741 e. The van der Waals surface area contributed by atoms with E-state index in [0.717, 1.165) is 0 Å². The van der Waals surface area contributed by atoms with E-state index >= 15 is 0 Å². The highest BCUT2D eigenvalue weighted by atomic mass is 14.4. The average Bonchev–Trinajstić information content (AvgIpc) is 4.17. The molecular weight excluding hydrogens is 913 g/mol. The normalized spacial score (nSPS) is 11.9. The number of hydrogen-bond acceptors (Lipinski definition) is 0. The van der Waals surface area contributed by atoms with Crippen LogP contribution in [0.5, 0.6) is 0 Å². The maximum Gasteiger partial charge on any atom is -0.000741 e. The first-order valence-electron chi connectivity index (χ1n) is 26.5. The average molecular weight is 959 g/mol. The Labute approximate surface area is 442 Å². The Hall–Kier alpha value is -9.88. The predicted octanol–water partition coefficient (Wildman–Crippen LogP) is 21.3. The molecule has 0 amide bonds. The van der Waals surface area contributed by atoms with Gasteiger partial charge < -0.3 is 0 Å². The quantitative estimate of drug-likeness (QED) is 0.149. The summed E-state index contributed by atoms with van der Waals surface area (Å²) >= 11 is 0. The summed E-state index contributed by atoms with van der Waals surface area (Å²) in [6.45, 7) is 0. The second-order valence-electron chi connectivity index (χ2n) is 20.5. The first kappa shape index (κ1) is 42.6. The van der Waals surface area contributed by atoms with Gasteiger partial charge in [-0.05, 0) is 165 Å². The van der Waals surface area contributed by atoms with Crippen LogP contribution in [0.4, 0.5) is 0 Å². The SMILES string of the molecule is c1ccc(-c2c3c(c(-c4ccccc4)c4ccccc24)-c2ccc(-c4ccc(-c5ccc(-c6ccc7c8c(cccc68)-c6c-7c(-c7ccccc7)c7ccccc7c6-c6ccccc6)cc5)cc4)c4cccc-3c24)cc1. The standard InChI is InChI=1S/C76H46/c1-5-19-51(20-6-1)67-59-27-13-15-29-61(59)69(53-23-9-3-10-24-53)75-65-45-43-55(57-31-17-33-63(71(57)65)73(67)75)49-39-35-47(36-40-49)48-37-41-50(42-38-48)56-44-46-66-72-58(56)32-18-34-64(72)74-68(52-21-7-2-8-22-52)60-28-14-16-30-62(60)70(76(66)74)54-25-11-4-12-26-54/h1-46H. The number of fused-ring (bicyclic) bond motifs is 8. The van der Waals surface area contributed by atoms with Crippen molar-refractivity contribution in [3.05, 3.63) is 279 Å². The fourth-order valence-corrected chi connectivity index (χ4v) is 13.4. The summed E-state index contributed by atoms with van der Waals surface area (Å²) in [5, 5.41) is 10.3. The molecule has 350 valence electrons. The molecule has 2 aliphatic carbocycles. The molecule has 0 aromatic heterocycles. The minimum absolute atomic E-state index is 1.20. The third-order valence-corrected chi connectivity index (χ3v) is 16.6. The van der Waals surface area contributed by atoms with Gasteiger partial charge in [-0.25, -0.2) is 0 Å². The Morgan fingerprint density at radius 2 is 0.355 bits per heavy atom. The Morgan fingerprint density at radius 3 is 0.658 bits per heavy atom. The zero-order chi connectivity index (χ0) is 49.8. The molecular formula is C76H46. The molecule has 0 unspecified atom stereocenters. The van der Waals surface area contributed by atoms with Gasteiger partial charge in [0.1, 0.15) is 0 Å². The minimum atomic E-state index is 1.20. The summed E-state index contributed by atoms with van der Waals surface area (Å²) in [5.74, 6) is 0. The van der Waals surface area contributed by atoms with Crippen LogP contribution >= 0.6 is 0 Å². The fraction of sp³-hybridized carbons (Fsp3) is 0. The molecule has 76 heavy (non-hydrogen) atoms. The van der Waals surface area contributed by atoms with E-state index < -0.39 is 0 Å². The van der Waals surface area contributed by atoms with Crippen molar-refractivity contribution in [2.45, 2.75) is 0 Å². The zero-order valence-electron chi connectivity index (χ0n) is 41.6. The van der Waals surface area contributed by atoms with Gasteiger partial charge in [0, 0.05) is 0 Å². The van der Waals surface area contributed by atoms with Crippen LogP contribution in [0.2, 0.25) is 0 Å². The van der Waals surface area contributed by atoms with Crippen molar-refractivity contribution in [1.29, 1.82) is 0 Å². The monoisotopic (exact) mass is 958 g/mol. The Kier molecular flexibility index (Phi) is 9.44. The topological polar surface area (TPSA) is 0 Å². The summed E-state index contributed by atoms with van der Waals surface area (Å²) in [7, 11) is 0. The van der Waals surface area contributed by atoms with Crippen molar-refractivity contribution in [3.63, 3.8) is 0 Å². The molecule has 16 rings (SSSR count). The van der Waals surface area contributed by atoms with Crippen LogP contribution in [0.1, 0.15) is 0 Å². The van der Waals surface area contributed by atoms with E-state index in [1.54, 1.807) is 0 Å². The van der Waals surface area contributed by atoms with Crippen LogP contribution in [-0.4, -0.2) is 0 Å². The molecule has 14 aromatic rings. The van der Waals surface area contributed by atoms with Gasteiger partial charge in [-0.1, -0.05) is 279 Å². The highest BCUT2D eigenvalue weighted by molar-refractivity contribution is 6.30. The molecule has 0 bridgehead atoms. The molecule has 0 atom stereocenters. The minimum Gasteiger partial charge on any atom is -0.0622 e. The largest absolute Gasteiger partial charge is 0.0622 e. The van der Waals surface area contributed by atoms with Gasteiger partial charge in [-0.15, -0.1) is 0 Å². The van der Waals surface area contributed by atoms with Gasteiger partial charge >= 0.3 is 0 Å². The second kappa shape index (κ2) is 16.8.